The van der Waals surface area contributed by atoms with Gasteiger partial charge in [-0.2, -0.15) is 10.2 Å². The lowest BCUT2D eigenvalue weighted by atomic mass is 10.3. The molecule has 2 aromatic heterocycles. The average Bonchev–Trinajstić information content (AvgIpc) is 2.81. The van der Waals surface area contributed by atoms with Gasteiger partial charge in [-0.05, 0) is 0 Å². The van der Waals surface area contributed by atoms with Crippen molar-refractivity contribution in [2.24, 2.45) is 19.8 Å². The summed E-state index contributed by atoms with van der Waals surface area (Å²) in [6.45, 7) is 0. The van der Waals surface area contributed by atoms with Crippen molar-refractivity contribution in [3.05, 3.63) is 28.8 Å². The Morgan fingerprint density at radius 3 is 2.32 bits per heavy atom. The second-order valence-corrected chi connectivity index (χ2v) is 4.29. The Morgan fingerprint density at radius 1 is 1.21 bits per heavy atom. The molecule has 0 saturated carbocycles. The van der Waals surface area contributed by atoms with Gasteiger partial charge >= 0.3 is 0 Å². The van der Waals surface area contributed by atoms with E-state index in [4.69, 9.17) is 17.3 Å². The van der Waals surface area contributed by atoms with Crippen LogP contribution in [0.3, 0.4) is 0 Å². The molecule has 100 valence electrons. The van der Waals surface area contributed by atoms with E-state index < -0.39 is 11.8 Å². The number of primary amides is 1. The monoisotopic (exact) mass is 282 g/mol. The molecule has 3 N–H and O–H groups in total. The first-order valence-electron chi connectivity index (χ1n) is 5.22. The lowest BCUT2D eigenvalue weighted by Gasteiger charge is -2.01. The van der Waals surface area contributed by atoms with Gasteiger partial charge < -0.3 is 11.1 Å². The van der Waals surface area contributed by atoms with E-state index in [0.717, 1.165) is 0 Å². The van der Waals surface area contributed by atoms with Crippen LogP contribution >= 0.6 is 11.6 Å². The first kappa shape index (κ1) is 13.1. The van der Waals surface area contributed by atoms with Gasteiger partial charge in [0.05, 0.1) is 10.7 Å². The lowest BCUT2D eigenvalue weighted by Crippen LogP contribution is -2.18. The zero-order valence-corrected chi connectivity index (χ0v) is 11.0. The van der Waals surface area contributed by atoms with E-state index >= 15 is 0 Å². The van der Waals surface area contributed by atoms with Crippen molar-refractivity contribution < 1.29 is 9.59 Å². The fraction of sp³-hybridized carbons (Fsp3) is 0.200. The number of nitrogens with two attached hydrogens (primary N) is 1. The van der Waals surface area contributed by atoms with E-state index in [1.165, 1.54) is 21.8 Å². The van der Waals surface area contributed by atoms with Crippen molar-refractivity contribution in [1.82, 2.24) is 19.6 Å². The zero-order chi connectivity index (χ0) is 14.2. The summed E-state index contributed by atoms with van der Waals surface area (Å²) < 4.78 is 2.78. The van der Waals surface area contributed by atoms with Crippen LogP contribution < -0.4 is 11.1 Å². The first-order chi connectivity index (χ1) is 8.88. The molecule has 2 aromatic rings. The van der Waals surface area contributed by atoms with Crippen LogP contribution in [0.2, 0.25) is 5.02 Å². The number of hydrogen-bond acceptors (Lipinski definition) is 4. The van der Waals surface area contributed by atoms with Crippen LogP contribution in [0.15, 0.2) is 12.4 Å². The van der Waals surface area contributed by atoms with Gasteiger partial charge in [0.2, 0.25) is 0 Å². The molecule has 9 heteroatoms. The molecule has 0 spiro atoms. The van der Waals surface area contributed by atoms with E-state index in [2.05, 4.69) is 15.5 Å². The Bertz CT molecular complexity index is 659. The highest BCUT2D eigenvalue weighted by Gasteiger charge is 2.19. The molecule has 0 aromatic carbocycles. The first-order valence-corrected chi connectivity index (χ1v) is 5.60. The summed E-state index contributed by atoms with van der Waals surface area (Å²) in [4.78, 5) is 23.1. The smallest absolute Gasteiger partial charge is 0.277 e. The Labute approximate surface area is 113 Å². The van der Waals surface area contributed by atoms with Gasteiger partial charge in [0, 0.05) is 26.5 Å². The second kappa shape index (κ2) is 4.73. The molecule has 2 heterocycles. The Hall–Kier alpha value is -2.35. The molecule has 0 aliphatic heterocycles. The lowest BCUT2D eigenvalue weighted by molar-refractivity contribution is 0.0995. The number of nitrogens with zero attached hydrogens (tertiary/aromatic N) is 4. The van der Waals surface area contributed by atoms with Crippen molar-refractivity contribution in [2.45, 2.75) is 0 Å². The van der Waals surface area contributed by atoms with Crippen LogP contribution in [-0.2, 0) is 14.1 Å². The molecule has 0 radical (unpaired) electrons. The molecule has 2 amide bonds. The van der Waals surface area contributed by atoms with Gasteiger partial charge in [-0.1, -0.05) is 11.6 Å². The summed E-state index contributed by atoms with van der Waals surface area (Å²) in [6.07, 6.45) is 2.96. The predicted octanol–water partition coefficient (Wildman–Crippen LogP) is 0.158. The van der Waals surface area contributed by atoms with Crippen molar-refractivity contribution in [1.29, 1.82) is 0 Å². The normalized spacial score (nSPS) is 10.5. The van der Waals surface area contributed by atoms with Crippen LogP contribution in [0.4, 0.5) is 5.69 Å². The summed E-state index contributed by atoms with van der Waals surface area (Å²) in [5, 5.41) is 10.5. The molecule has 0 aliphatic rings. The quantitative estimate of drug-likeness (QED) is 0.836. The van der Waals surface area contributed by atoms with Crippen molar-refractivity contribution in [2.75, 3.05) is 5.32 Å². The third-order valence-electron chi connectivity index (χ3n) is 2.31. The highest BCUT2D eigenvalue weighted by atomic mass is 35.5. The molecular weight excluding hydrogens is 272 g/mol. The van der Waals surface area contributed by atoms with Crippen LogP contribution in [0.25, 0.3) is 0 Å². The molecule has 0 atom stereocenters. The van der Waals surface area contributed by atoms with E-state index in [1.54, 1.807) is 14.1 Å². The van der Waals surface area contributed by atoms with E-state index in [9.17, 15) is 9.59 Å². The van der Waals surface area contributed by atoms with Crippen LogP contribution in [-0.4, -0.2) is 31.4 Å². The van der Waals surface area contributed by atoms with Crippen LogP contribution in [0, 0.1) is 0 Å². The molecule has 19 heavy (non-hydrogen) atoms. The highest BCUT2D eigenvalue weighted by molar-refractivity contribution is 6.34. The Morgan fingerprint density at radius 2 is 1.79 bits per heavy atom. The zero-order valence-electron chi connectivity index (χ0n) is 10.2. The number of aromatic nitrogens is 4. The number of nitrogens with one attached hydrogen (secondary N) is 1. The maximum absolute atomic E-state index is 12.0. The maximum Gasteiger partial charge on any atom is 0.277 e. The van der Waals surface area contributed by atoms with E-state index in [-0.39, 0.29) is 22.1 Å². The number of hydrogen-bond donors (Lipinski definition) is 2. The van der Waals surface area contributed by atoms with Gasteiger partial charge in [-0.15, -0.1) is 0 Å². The minimum absolute atomic E-state index is 0.0251. The fourth-order valence-corrected chi connectivity index (χ4v) is 1.82. The molecule has 0 fully saturated rings. The predicted molar refractivity (Wildman–Crippen MR) is 67.9 cm³/mol. The number of anilines is 1. The number of amides is 2. The molecular formula is C10H11ClN6O2. The number of halogens is 1. The van der Waals surface area contributed by atoms with Crippen LogP contribution in [0.5, 0.6) is 0 Å². The van der Waals surface area contributed by atoms with E-state index in [1.807, 2.05) is 0 Å². The average molecular weight is 283 g/mol. The third-order valence-corrected chi connectivity index (χ3v) is 2.59. The van der Waals surface area contributed by atoms with Gasteiger partial charge in [0.15, 0.2) is 11.4 Å². The molecule has 0 bridgehead atoms. The molecule has 0 unspecified atom stereocenters. The largest absolute Gasteiger partial charge is 0.364 e. The number of aryl methyl sites for hydroxylation is 2. The third kappa shape index (κ3) is 2.58. The van der Waals surface area contributed by atoms with Crippen molar-refractivity contribution >= 4 is 29.1 Å². The van der Waals surface area contributed by atoms with Gasteiger partial charge in [0.25, 0.3) is 11.8 Å². The topological polar surface area (TPSA) is 108 Å². The summed E-state index contributed by atoms with van der Waals surface area (Å²) >= 11 is 5.86. The van der Waals surface area contributed by atoms with Gasteiger partial charge in [0.1, 0.15) is 0 Å². The SMILES string of the molecule is Cn1cc(Cl)c(C(=O)Nc2cn(C)nc2C(N)=O)n1. The Balaban J connectivity index is 2.29. The van der Waals surface area contributed by atoms with Crippen molar-refractivity contribution in [3.8, 4) is 0 Å². The molecule has 8 nitrogen and oxygen atoms in total. The number of rotatable bonds is 3. The second-order valence-electron chi connectivity index (χ2n) is 3.88. The maximum atomic E-state index is 12.0. The summed E-state index contributed by atoms with van der Waals surface area (Å²) in [7, 11) is 3.25. The van der Waals surface area contributed by atoms with Gasteiger partial charge in [-0.3, -0.25) is 19.0 Å². The molecule has 2 rings (SSSR count). The van der Waals surface area contributed by atoms with Crippen molar-refractivity contribution in [3.63, 3.8) is 0 Å². The molecule has 0 saturated heterocycles. The van der Waals surface area contributed by atoms with Gasteiger partial charge in [-0.25, -0.2) is 0 Å². The minimum atomic E-state index is -0.733. The highest BCUT2D eigenvalue weighted by Crippen LogP contribution is 2.17. The standard InChI is InChI=1S/C10H11ClN6O2/c1-16-3-5(11)7(14-16)10(19)13-6-4-17(2)15-8(6)9(12)18/h3-4H,1-2H3,(H2,12,18)(H,13,19). The minimum Gasteiger partial charge on any atom is -0.364 e. The number of carbonyl (C=O) groups is 2. The van der Waals surface area contributed by atoms with E-state index in [0.29, 0.717) is 0 Å². The van der Waals surface area contributed by atoms with Crippen LogP contribution in [0.1, 0.15) is 21.0 Å². The number of carbonyl (C=O) groups excluding carboxylic acids is 2. The Kier molecular flexibility index (Phi) is 3.26. The summed E-state index contributed by atoms with van der Waals surface area (Å²) in [5.41, 5.74) is 5.41. The fourth-order valence-electron chi connectivity index (χ4n) is 1.56. The summed E-state index contributed by atoms with van der Waals surface area (Å²) in [6, 6.07) is 0. The molecule has 0 aliphatic carbocycles. The summed E-state index contributed by atoms with van der Waals surface area (Å²) in [5.74, 6) is -1.27.